The van der Waals surface area contributed by atoms with E-state index in [1.165, 1.54) is 0 Å². The highest BCUT2D eigenvalue weighted by molar-refractivity contribution is 14.1. The fraction of sp³-hybridized carbons (Fsp3) is 0.429. The molecule has 20 heavy (non-hydrogen) atoms. The third-order valence-corrected chi connectivity index (χ3v) is 4.85. The summed E-state index contributed by atoms with van der Waals surface area (Å²) in [6, 6.07) is 5.15. The Hall–Kier alpha value is -0.820. The number of amides is 1. The second kappa shape index (κ2) is 6.76. The molecule has 4 nitrogen and oxygen atoms in total. The molecule has 0 radical (unpaired) electrons. The van der Waals surface area contributed by atoms with Crippen molar-refractivity contribution in [1.29, 1.82) is 0 Å². The van der Waals surface area contributed by atoms with Gasteiger partial charge in [-0.15, -0.1) is 0 Å². The number of carboxylic acids is 1. The van der Waals surface area contributed by atoms with Crippen LogP contribution in [0.2, 0.25) is 5.02 Å². The molecule has 2 unspecified atom stereocenters. The van der Waals surface area contributed by atoms with Gasteiger partial charge in [-0.2, -0.15) is 0 Å². The van der Waals surface area contributed by atoms with Crippen molar-refractivity contribution in [3.63, 3.8) is 0 Å². The summed E-state index contributed by atoms with van der Waals surface area (Å²) in [5, 5.41) is 12.5. The molecule has 1 saturated carbocycles. The minimum absolute atomic E-state index is 0.0216. The van der Waals surface area contributed by atoms with Crippen LogP contribution in [0.15, 0.2) is 18.2 Å². The van der Waals surface area contributed by atoms with E-state index in [4.69, 9.17) is 16.7 Å². The van der Waals surface area contributed by atoms with Gasteiger partial charge in [0.25, 0.3) is 5.91 Å². The van der Waals surface area contributed by atoms with E-state index in [-0.39, 0.29) is 17.7 Å². The molecule has 0 spiro atoms. The smallest absolute Gasteiger partial charge is 0.306 e. The summed E-state index contributed by atoms with van der Waals surface area (Å²) in [6.07, 6.45) is 2.46. The van der Waals surface area contributed by atoms with Crippen molar-refractivity contribution in [3.8, 4) is 0 Å². The van der Waals surface area contributed by atoms with Crippen LogP contribution in [-0.4, -0.2) is 23.5 Å². The van der Waals surface area contributed by atoms with Crippen LogP contribution in [-0.2, 0) is 4.79 Å². The second-order valence-electron chi connectivity index (χ2n) is 4.97. The van der Waals surface area contributed by atoms with Crippen molar-refractivity contribution in [2.24, 2.45) is 11.8 Å². The molecule has 0 saturated heterocycles. The molecule has 1 fully saturated rings. The molecule has 1 aromatic rings. The molecule has 1 amide bonds. The first-order valence-corrected chi connectivity index (χ1v) is 7.90. The van der Waals surface area contributed by atoms with E-state index in [2.05, 4.69) is 27.9 Å². The molecule has 1 aromatic carbocycles. The van der Waals surface area contributed by atoms with Gasteiger partial charge in [0.1, 0.15) is 0 Å². The van der Waals surface area contributed by atoms with E-state index in [1.54, 1.807) is 18.2 Å². The number of aliphatic carboxylic acids is 1. The lowest BCUT2D eigenvalue weighted by molar-refractivity contribution is -0.142. The van der Waals surface area contributed by atoms with E-state index in [0.29, 0.717) is 23.6 Å². The molecule has 1 aliphatic rings. The fourth-order valence-electron chi connectivity index (χ4n) is 2.60. The van der Waals surface area contributed by atoms with Crippen molar-refractivity contribution in [1.82, 2.24) is 5.32 Å². The first-order chi connectivity index (χ1) is 9.49. The number of carbonyl (C=O) groups excluding carboxylic acids is 1. The molecule has 0 aromatic heterocycles. The highest BCUT2D eigenvalue weighted by Gasteiger charge is 2.32. The molecular formula is C14H15ClINO3. The monoisotopic (exact) mass is 407 g/mol. The number of rotatable bonds is 4. The molecular weight excluding hydrogens is 393 g/mol. The zero-order valence-corrected chi connectivity index (χ0v) is 13.6. The standard InChI is InChI=1S/C14H15ClINO3/c15-9-4-5-12(16)11(6-9)13(18)17-7-8-2-1-3-10(8)14(19)20/h4-6,8,10H,1-3,7H2,(H,17,18)(H,19,20). The lowest BCUT2D eigenvalue weighted by Crippen LogP contribution is -2.33. The van der Waals surface area contributed by atoms with Gasteiger partial charge in [0.2, 0.25) is 0 Å². The first kappa shape index (κ1) is 15.6. The van der Waals surface area contributed by atoms with Crippen LogP contribution in [0, 0.1) is 15.4 Å². The van der Waals surface area contributed by atoms with Crippen molar-refractivity contribution >= 4 is 46.1 Å². The summed E-state index contributed by atoms with van der Waals surface area (Å²) in [7, 11) is 0. The maximum Gasteiger partial charge on any atom is 0.306 e. The summed E-state index contributed by atoms with van der Waals surface area (Å²) in [5.74, 6) is -1.28. The van der Waals surface area contributed by atoms with Gasteiger partial charge in [0, 0.05) is 15.1 Å². The van der Waals surface area contributed by atoms with Gasteiger partial charge in [-0.25, -0.2) is 0 Å². The number of carbonyl (C=O) groups is 2. The molecule has 2 atom stereocenters. The highest BCUT2D eigenvalue weighted by Crippen LogP contribution is 2.31. The summed E-state index contributed by atoms with van der Waals surface area (Å²) in [4.78, 5) is 23.2. The van der Waals surface area contributed by atoms with Crippen LogP contribution >= 0.6 is 34.2 Å². The Morgan fingerprint density at radius 2 is 2.15 bits per heavy atom. The van der Waals surface area contributed by atoms with Gasteiger partial charge in [0.15, 0.2) is 0 Å². The maximum atomic E-state index is 12.1. The Bertz CT molecular complexity index is 535. The number of nitrogens with one attached hydrogen (secondary N) is 1. The van der Waals surface area contributed by atoms with Crippen LogP contribution in [0.1, 0.15) is 29.6 Å². The predicted octanol–water partition coefficient (Wildman–Crippen LogP) is 3.18. The minimum atomic E-state index is -0.765. The lowest BCUT2D eigenvalue weighted by Gasteiger charge is -2.16. The van der Waals surface area contributed by atoms with Crippen molar-refractivity contribution < 1.29 is 14.7 Å². The normalized spacial score (nSPS) is 21.7. The van der Waals surface area contributed by atoms with Crippen molar-refractivity contribution in [3.05, 3.63) is 32.4 Å². The Morgan fingerprint density at radius 3 is 2.85 bits per heavy atom. The van der Waals surface area contributed by atoms with Crippen LogP contribution in [0.4, 0.5) is 0 Å². The summed E-state index contributed by atoms with van der Waals surface area (Å²) in [6.45, 7) is 0.401. The van der Waals surface area contributed by atoms with Gasteiger partial charge in [-0.05, 0) is 59.5 Å². The predicted molar refractivity (Wildman–Crippen MR) is 85.0 cm³/mol. The number of hydrogen-bond acceptors (Lipinski definition) is 2. The Labute approximate surface area is 136 Å². The third kappa shape index (κ3) is 3.63. The number of carboxylic acid groups (broad SMARTS) is 1. The van der Waals surface area contributed by atoms with E-state index in [9.17, 15) is 9.59 Å². The topological polar surface area (TPSA) is 66.4 Å². The van der Waals surface area contributed by atoms with E-state index in [0.717, 1.165) is 16.4 Å². The molecule has 2 rings (SSSR count). The molecule has 108 valence electrons. The molecule has 0 heterocycles. The molecule has 0 bridgehead atoms. The molecule has 1 aliphatic carbocycles. The summed E-state index contributed by atoms with van der Waals surface area (Å²) >= 11 is 7.97. The zero-order chi connectivity index (χ0) is 14.7. The van der Waals surface area contributed by atoms with Gasteiger partial charge >= 0.3 is 5.97 Å². The third-order valence-electron chi connectivity index (χ3n) is 3.67. The Morgan fingerprint density at radius 1 is 1.40 bits per heavy atom. The Kier molecular flexibility index (Phi) is 5.26. The minimum Gasteiger partial charge on any atom is -0.481 e. The molecule has 2 N–H and O–H groups in total. The number of halogens is 2. The first-order valence-electron chi connectivity index (χ1n) is 6.45. The average molecular weight is 408 g/mol. The zero-order valence-electron chi connectivity index (χ0n) is 10.7. The van der Waals surface area contributed by atoms with E-state index < -0.39 is 5.97 Å². The highest BCUT2D eigenvalue weighted by atomic mass is 127. The van der Waals surface area contributed by atoms with Crippen molar-refractivity contribution in [2.75, 3.05) is 6.54 Å². The summed E-state index contributed by atoms with van der Waals surface area (Å²) < 4.78 is 0.825. The maximum absolute atomic E-state index is 12.1. The Balaban J connectivity index is 1.98. The van der Waals surface area contributed by atoms with Crippen LogP contribution in [0.25, 0.3) is 0 Å². The quantitative estimate of drug-likeness (QED) is 0.754. The van der Waals surface area contributed by atoms with Crippen LogP contribution in [0.3, 0.4) is 0 Å². The van der Waals surface area contributed by atoms with E-state index in [1.807, 2.05) is 0 Å². The SMILES string of the molecule is O=C(NCC1CCCC1C(=O)O)c1cc(Cl)ccc1I. The van der Waals surface area contributed by atoms with Crippen LogP contribution in [0.5, 0.6) is 0 Å². The van der Waals surface area contributed by atoms with Gasteiger partial charge in [0.05, 0.1) is 11.5 Å². The van der Waals surface area contributed by atoms with E-state index >= 15 is 0 Å². The molecule has 0 aliphatic heterocycles. The number of hydrogen-bond donors (Lipinski definition) is 2. The second-order valence-corrected chi connectivity index (χ2v) is 6.57. The molecule has 6 heteroatoms. The van der Waals surface area contributed by atoms with Gasteiger partial charge in [-0.3, -0.25) is 9.59 Å². The largest absolute Gasteiger partial charge is 0.481 e. The summed E-state index contributed by atoms with van der Waals surface area (Å²) in [5.41, 5.74) is 0.531. The fourth-order valence-corrected chi connectivity index (χ4v) is 3.35. The van der Waals surface area contributed by atoms with Gasteiger partial charge < -0.3 is 10.4 Å². The number of benzene rings is 1. The average Bonchev–Trinajstić information content (AvgIpc) is 2.87. The van der Waals surface area contributed by atoms with Crippen molar-refractivity contribution in [2.45, 2.75) is 19.3 Å². The van der Waals surface area contributed by atoms with Crippen LogP contribution < -0.4 is 5.32 Å². The lowest BCUT2D eigenvalue weighted by atomic mass is 9.96. The van der Waals surface area contributed by atoms with Gasteiger partial charge in [-0.1, -0.05) is 18.0 Å².